The third kappa shape index (κ3) is 7.41. The number of nitrogens with one attached hydrogen (secondary N) is 1. The van der Waals surface area contributed by atoms with Crippen molar-refractivity contribution in [1.82, 2.24) is 0 Å². The van der Waals surface area contributed by atoms with Crippen molar-refractivity contribution in [3.63, 3.8) is 0 Å². The molecule has 0 aliphatic heterocycles. The third-order valence-corrected chi connectivity index (χ3v) is 1.32. The van der Waals surface area contributed by atoms with Crippen molar-refractivity contribution in [2.75, 3.05) is 0 Å². The van der Waals surface area contributed by atoms with Crippen LogP contribution in [-0.4, -0.2) is 5.71 Å². The zero-order chi connectivity index (χ0) is 7.82. The lowest BCUT2D eigenvalue weighted by Gasteiger charge is -1.92. The van der Waals surface area contributed by atoms with E-state index in [4.69, 9.17) is 5.41 Å². The van der Waals surface area contributed by atoms with Crippen LogP contribution in [-0.2, 0) is 0 Å². The predicted molar refractivity (Wildman–Crippen MR) is 46.7 cm³/mol. The minimum atomic E-state index is 0.796. The maximum atomic E-state index is 7.15. The molecule has 0 bridgehead atoms. The fraction of sp³-hybridized carbons (Fsp3) is 0.667. The maximum absolute atomic E-state index is 7.15. The van der Waals surface area contributed by atoms with Gasteiger partial charge in [-0.15, -0.1) is 0 Å². The van der Waals surface area contributed by atoms with E-state index >= 15 is 0 Å². The number of rotatable bonds is 5. The Hall–Kier alpha value is -0.590. The van der Waals surface area contributed by atoms with Gasteiger partial charge in [-0.25, -0.2) is 0 Å². The molecule has 0 aromatic carbocycles. The molecule has 10 heavy (non-hydrogen) atoms. The summed E-state index contributed by atoms with van der Waals surface area (Å²) in [6.07, 6.45) is 8.72. The molecule has 0 radical (unpaired) electrons. The van der Waals surface area contributed by atoms with Crippen LogP contribution in [0.25, 0.3) is 0 Å². The van der Waals surface area contributed by atoms with Crippen LogP contribution in [0.1, 0.15) is 39.5 Å². The zero-order valence-electron chi connectivity index (χ0n) is 6.98. The maximum Gasteiger partial charge on any atom is 0.00583 e. The first-order valence-corrected chi connectivity index (χ1v) is 3.96. The second-order valence-electron chi connectivity index (χ2n) is 2.55. The number of allylic oxidation sites excluding steroid dienone is 2. The van der Waals surface area contributed by atoms with E-state index in [0.29, 0.717) is 0 Å². The molecule has 0 aliphatic carbocycles. The standard InChI is InChI=1S/C9H17N/c1-3-4-5-6-7-8-9(2)10/h4-5,10H,3,6-8H2,1-2H3/b5-4-,10-9?. The van der Waals surface area contributed by atoms with Gasteiger partial charge in [0.1, 0.15) is 0 Å². The van der Waals surface area contributed by atoms with Gasteiger partial charge in [-0.3, -0.25) is 0 Å². The summed E-state index contributed by atoms with van der Waals surface area (Å²) in [5.41, 5.74) is 0.796. The summed E-state index contributed by atoms with van der Waals surface area (Å²) >= 11 is 0. The zero-order valence-corrected chi connectivity index (χ0v) is 6.98. The molecule has 1 N–H and O–H groups in total. The Morgan fingerprint density at radius 1 is 1.40 bits per heavy atom. The Kier molecular flexibility index (Phi) is 6.14. The Labute approximate surface area is 63.7 Å². The number of hydrogen-bond donors (Lipinski definition) is 1. The summed E-state index contributed by atoms with van der Waals surface area (Å²) in [5.74, 6) is 0. The summed E-state index contributed by atoms with van der Waals surface area (Å²) in [6.45, 7) is 4.00. The van der Waals surface area contributed by atoms with Gasteiger partial charge in [0.05, 0.1) is 0 Å². The second kappa shape index (κ2) is 6.53. The molecule has 58 valence electrons. The highest BCUT2D eigenvalue weighted by atomic mass is 14.4. The first kappa shape index (κ1) is 9.41. The highest BCUT2D eigenvalue weighted by Crippen LogP contribution is 1.97. The summed E-state index contributed by atoms with van der Waals surface area (Å²) in [4.78, 5) is 0. The van der Waals surface area contributed by atoms with Crippen molar-refractivity contribution in [3.8, 4) is 0 Å². The molecule has 0 saturated heterocycles. The first-order valence-electron chi connectivity index (χ1n) is 3.96. The van der Waals surface area contributed by atoms with Crippen molar-refractivity contribution >= 4 is 5.71 Å². The Morgan fingerprint density at radius 2 is 2.10 bits per heavy atom. The molecule has 0 aromatic rings. The average molecular weight is 139 g/mol. The number of hydrogen-bond acceptors (Lipinski definition) is 1. The Bertz CT molecular complexity index is 114. The molecule has 1 nitrogen and oxygen atoms in total. The van der Waals surface area contributed by atoms with E-state index in [2.05, 4.69) is 19.1 Å². The van der Waals surface area contributed by atoms with E-state index in [0.717, 1.165) is 31.4 Å². The molecule has 0 aromatic heterocycles. The van der Waals surface area contributed by atoms with Crippen molar-refractivity contribution < 1.29 is 0 Å². The highest BCUT2D eigenvalue weighted by Gasteiger charge is 1.85. The molecule has 0 aliphatic rings. The number of unbranched alkanes of at least 4 members (excludes halogenated alkanes) is 1. The first-order chi connectivity index (χ1) is 4.77. The minimum Gasteiger partial charge on any atom is -0.310 e. The fourth-order valence-corrected chi connectivity index (χ4v) is 0.770. The third-order valence-electron chi connectivity index (χ3n) is 1.32. The van der Waals surface area contributed by atoms with Crippen molar-refractivity contribution in [2.24, 2.45) is 0 Å². The Balaban J connectivity index is 3.05. The van der Waals surface area contributed by atoms with Crippen molar-refractivity contribution in [1.29, 1.82) is 5.41 Å². The SMILES string of the molecule is CC/C=C\CCCC(C)=N. The van der Waals surface area contributed by atoms with Crippen LogP contribution in [0.5, 0.6) is 0 Å². The van der Waals surface area contributed by atoms with E-state index < -0.39 is 0 Å². The molecule has 0 unspecified atom stereocenters. The van der Waals surface area contributed by atoms with Crippen molar-refractivity contribution in [2.45, 2.75) is 39.5 Å². The normalized spacial score (nSPS) is 10.6. The van der Waals surface area contributed by atoms with Crippen LogP contribution in [0.2, 0.25) is 0 Å². The predicted octanol–water partition coefficient (Wildman–Crippen LogP) is 3.16. The van der Waals surface area contributed by atoms with Crippen LogP contribution in [0.4, 0.5) is 0 Å². The van der Waals surface area contributed by atoms with Gasteiger partial charge in [-0.1, -0.05) is 19.1 Å². The van der Waals surface area contributed by atoms with Gasteiger partial charge >= 0.3 is 0 Å². The van der Waals surface area contributed by atoms with Gasteiger partial charge < -0.3 is 5.41 Å². The lowest BCUT2D eigenvalue weighted by molar-refractivity contribution is 0.883. The lowest BCUT2D eigenvalue weighted by atomic mass is 10.2. The quantitative estimate of drug-likeness (QED) is 0.343. The molecule has 0 spiro atoms. The van der Waals surface area contributed by atoms with E-state index in [1.165, 1.54) is 0 Å². The van der Waals surface area contributed by atoms with E-state index in [1.54, 1.807) is 0 Å². The van der Waals surface area contributed by atoms with Crippen LogP contribution in [0.3, 0.4) is 0 Å². The van der Waals surface area contributed by atoms with Crippen LogP contribution >= 0.6 is 0 Å². The van der Waals surface area contributed by atoms with Gasteiger partial charge in [0.25, 0.3) is 0 Å². The largest absolute Gasteiger partial charge is 0.310 e. The molecule has 1 heteroatoms. The van der Waals surface area contributed by atoms with E-state index in [-0.39, 0.29) is 0 Å². The molecule has 0 saturated carbocycles. The van der Waals surface area contributed by atoms with Crippen molar-refractivity contribution in [3.05, 3.63) is 12.2 Å². The topological polar surface area (TPSA) is 23.9 Å². The van der Waals surface area contributed by atoms with Crippen LogP contribution in [0, 0.1) is 5.41 Å². The summed E-state index contributed by atoms with van der Waals surface area (Å²) in [5, 5.41) is 7.15. The fourth-order valence-electron chi connectivity index (χ4n) is 0.770. The Morgan fingerprint density at radius 3 is 2.60 bits per heavy atom. The molecule has 0 atom stereocenters. The average Bonchev–Trinajstić information content (AvgIpc) is 1.87. The lowest BCUT2D eigenvalue weighted by Crippen LogP contribution is -1.86. The molecule has 0 rings (SSSR count). The molecular weight excluding hydrogens is 122 g/mol. The minimum absolute atomic E-state index is 0.796. The summed E-state index contributed by atoms with van der Waals surface area (Å²) in [6, 6.07) is 0. The monoisotopic (exact) mass is 139 g/mol. The van der Waals surface area contributed by atoms with Crippen LogP contribution < -0.4 is 0 Å². The van der Waals surface area contributed by atoms with Crippen LogP contribution in [0.15, 0.2) is 12.2 Å². The molecule has 0 fully saturated rings. The van der Waals surface area contributed by atoms with Gasteiger partial charge in [-0.2, -0.15) is 0 Å². The van der Waals surface area contributed by atoms with Gasteiger partial charge in [0, 0.05) is 5.71 Å². The molecular formula is C9H17N. The summed E-state index contributed by atoms with van der Waals surface area (Å²) in [7, 11) is 0. The van der Waals surface area contributed by atoms with E-state index in [9.17, 15) is 0 Å². The molecule has 0 amide bonds. The van der Waals surface area contributed by atoms with E-state index in [1.807, 2.05) is 6.92 Å². The second-order valence-corrected chi connectivity index (χ2v) is 2.55. The smallest absolute Gasteiger partial charge is 0.00583 e. The van der Waals surface area contributed by atoms with Gasteiger partial charge in [-0.05, 0) is 32.6 Å². The highest BCUT2D eigenvalue weighted by molar-refractivity contribution is 5.78. The van der Waals surface area contributed by atoms with Gasteiger partial charge in [0.2, 0.25) is 0 Å². The summed E-state index contributed by atoms with van der Waals surface area (Å²) < 4.78 is 0. The van der Waals surface area contributed by atoms with Gasteiger partial charge in [0.15, 0.2) is 0 Å². The molecule has 0 heterocycles.